The number of piperazine rings is 1. The molecule has 3 heterocycles. The highest BCUT2D eigenvalue weighted by molar-refractivity contribution is 7.99. The molecule has 1 atom stereocenters. The molecule has 1 unspecified atom stereocenters. The van der Waals surface area contributed by atoms with Crippen molar-refractivity contribution in [1.82, 2.24) is 19.6 Å². The Morgan fingerprint density at radius 2 is 1.92 bits per heavy atom. The topological polar surface area (TPSA) is 100 Å². The van der Waals surface area contributed by atoms with Crippen molar-refractivity contribution in [3.8, 4) is 11.5 Å². The fourth-order valence-corrected chi connectivity index (χ4v) is 5.48. The van der Waals surface area contributed by atoms with Gasteiger partial charge in [-0.3, -0.25) is 14.5 Å². The highest BCUT2D eigenvalue weighted by atomic mass is 32.2. The van der Waals surface area contributed by atoms with Gasteiger partial charge in [0.15, 0.2) is 0 Å². The van der Waals surface area contributed by atoms with Crippen molar-refractivity contribution in [1.29, 1.82) is 0 Å². The number of ether oxygens (including phenoxy) is 2. The van der Waals surface area contributed by atoms with E-state index in [4.69, 9.17) is 9.47 Å². The fourth-order valence-electron chi connectivity index (χ4n) is 4.43. The van der Waals surface area contributed by atoms with Crippen LogP contribution in [0, 0.1) is 0 Å². The largest absolute Gasteiger partial charge is 0.497 e. The summed E-state index contributed by atoms with van der Waals surface area (Å²) in [6.07, 6.45) is 2.29. The number of benzene rings is 1. The quantitative estimate of drug-likeness (QED) is 0.523. The molecule has 1 saturated heterocycles. The molecular formula is C25H35N5O5S. The zero-order valence-corrected chi connectivity index (χ0v) is 21.8. The van der Waals surface area contributed by atoms with Crippen LogP contribution in [0.2, 0.25) is 0 Å². The molecule has 196 valence electrons. The summed E-state index contributed by atoms with van der Waals surface area (Å²) in [5.74, 6) is 2.23. The summed E-state index contributed by atoms with van der Waals surface area (Å²) in [7, 11) is 3.24. The predicted molar refractivity (Wildman–Crippen MR) is 139 cm³/mol. The molecule has 10 nitrogen and oxygen atoms in total. The van der Waals surface area contributed by atoms with E-state index in [1.165, 1.54) is 16.4 Å². The number of β-amino-alcohol motifs (C(OH)–C–C–N with tert-alkyl or cyclic N) is 1. The van der Waals surface area contributed by atoms with Gasteiger partial charge in [-0.2, -0.15) is 5.10 Å². The maximum Gasteiger partial charge on any atom is 0.282 e. The number of aliphatic hydroxyl groups is 1. The lowest BCUT2D eigenvalue weighted by Crippen LogP contribution is -2.49. The Labute approximate surface area is 215 Å². The van der Waals surface area contributed by atoms with Gasteiger partial charge in [-0.1, -0.05) is 6.07 Å². The molecule has 0 bridgehead atoms. The number of hydrogen-bond acceptors (Lipinski definition) is 9. The van der Waals surface area contributed by atoms with Gasteiger partial charge >= 0.3 is 0 Å². The van der Waals surface area contributed by atoms with Crippen molar-refractivity contribution in [2.75, 3.05) is 70.2 Å². The van der Waals surface area contributed by atoms with Crippen molar-refractivity contribution in [2.45, 2.75) is 23.8 Å². The molecular weight excluding hydrogens is 482 g/mol. The van der Waals surface area contributed by atoms with Gasteiger partial charge in [0.25, 0.3) is 5.56 Å². The highest BCUT2D eigenvalue weighted by Gasteiger charge is 2.26. The Hall–Kier alpha value is -2.60. The van der Waals surface area contributed by atoms with E-state index in [1.54, 1.807) is 31.3 Å². The number of anilines is 1. The van der Waals surface area contributed by atoms with Crippen molar-refractivity contribution in [3.63, 3.8) is 0 Å². The monoisotopic (exact) mass is 517 g/mol. The molecule has 1 aromatic carbocycles. The minimum Gasteiger partial charge on any atom is -0.497 e. The summed E-state index contributed by atoms with van der Waals surface area (Å²) in [6.45, 7) is 5.37. The molecule has 2 aliphatic heterocycles. The molecule has 1 amide bonds. The van der Waals surface area contributed by atoms with E-state index in [0.717, 1.165) is 44.1 Å². The number of aromatic nitrogens is 2. The van der Waals surface area contributed by atoms with E-state index in [0.29, 0.717) is 42.4 Å². The Morgan fingerprint density at radius 3 is 2.69 bits per heavy atom. The molecule has 1 aromatic heterocycles. The van der Waals surface area contributed by atoms with Gasteiger partial charge in [0.05, 0.1) is 23.9 Å². The normalized spacial score (nSPS) is 17.8. The van der Waals surface area contributed by atoms with Gasteiger partial charge in [0, 0.05) is 65.3 Å². The van der Waals surface area contributed by atoms with Crippen molar-refractivity contribution in [3.05, 3.63) is 40.8 Å². The van der Waals surface area contributed by atoms with E-state index < -0.39 is 6.10 Å². The number of carbonyl (C=O) groups excluding carboxylic acids is 1. The third-order valence-corrected chi connectivity index (χ3v) is 7.66. The second-order valence-electron chi connectivity index (χ2n) is 9.07. The van der Waals surface area contributed by atoms with Gasteiger partial charge < -0.3 is 24.4 Å². The lowest BCUT2D eigenvalue weighted by atomic mass is 10.2. The number of carbonyl (C=O) groups is 1. The number of rotatable bonds is 9. The van der Waals surface area contributed by atoms with E-state index in [9.17, 15) is 14.7 Å². The van der Waals surface area contributed by atoms with E-state index in [2.05, 4.69) is 14.9 Å². The first-order valence-electron chi connectivity index (χ1n) is 12.3. The summed E-state index contributed by atoms with van der Waals surface area (Å²) < 4.78 is 12.2. The Balaban J connectivity index is 1.20. The van der Waals surface area contributed by atoms with Crippen LogP contribution in [0.3, 0.4) is 0 Å². The summed E-state index contributed by atoms with van der Waals surface area (Å²) in [5, 5.41) is 14.6. The van der Waals surface area contributed by atoms with Gasteiger partial charge in [0.1, 0.15) is 24.2 Å². The van der Waals surface area contributed by atoms with Crippen LogP contribution < -0.4 is 19.9 Å². The maximum atomic E-state index is 13.1. The first-order chi connectivity index (χ1) is 17.4. The third kappa shape index (κ3) is 6.78. The van der Waals surface area contributed by atoms with E-state index in [-0.39, 0.29) is 18.1 Å². The minimum atomic E-state index is -0.591. The number of thioether (sulfide) groups is 1. The lowest BCUT2D eigenvalue weighted by molar-refractivity contribution is -0.119. The van der Waals surface area contributed by atoms with Crippen LogP contribution in [-0.2, 0) is 11.8 Å². The zero-order valence-electron chi connectivity index (χ0n) is 21.0. The van der Waals surface area contributed by atoms with E-state index >= 15 is 0 Å². The SMILES string of the molecule is COc1cccc(OCC(O)CN2CCN(CCC(=O)N3CCCSc4c3cnn(C)c4=O)CC2)c1. The highest BCUT2D eigenvalue weighted by Crippen LogP contribution is 2.30. The number of methoxy groups -OCH3 is 1. The van der Waals surface area contributed by atoms with Gasteiger partial charge in [0.2, 0.25) is 5.91 Å². The number of nitrogens with zero attached hydrogens (tertiary/aromatic N) is 5. The minimum absolute atomic E-state index is 0.0290. The van der Waals surface area contributed by atoms with Crippen LogP contribution in [0.15, 0.2) is 40.2 Å². The molecule has 1 fully saturated rings. The van der Waals surface area contributed by atoms with Crippen LogP contribution in [-0.4, -0.2) is 102 Å². The number of aryl methyl sites for hydroxylation is 1. The molecule has 0 aliphatic carbocycles. The van der Waals surface area contributed by atoms with E-state index in [1.807, 2.05) is 18.2 Å². The Bertz CT molecular complexity index is 1090. The zero-order chi connectivity index (χ0) is 25.5. The van der Waals surface area contributed by atoms with Gasteiger partial charge in [-0.25, -0.2) is 4.68 Å². The molecule has 2 aromatic rings. The predicted octanol–water partition coefficient (Wildman–Crippen LogP) is 1.07. The Kier molecular flexibility index (Phi) is 9.24. The first kappa shape index (κ1) is 26.5. The lowest BCUT2D eigenvalue weighted by Gasteiger charge is -2.35. The Morgan fingerprint density at radius 1 is 1.17 bits per heavy atom. The van der Waals surface area contributed by atoms with Crippen LogP contribution in [0.5, 0.6) is 11.5 Å². The average Bonchev–Trinajstić information content (AvgIpc) is 3.12. The molecule has 2 aliphatic rings. The molecule has 36 heavy (non-hydrogen) atoms. The molecule has 11 heteroatoms. The number of aliphatic hydroxyl groups excluding tert-OH is 1. The van der Waals surface area contributed by atoms with Crippen LogP contribution >= 0.6 is 11.8 Å². The summed E-state index contributed by atoms with van der Waals surface area (Å²) in [4.78, 5) is 32.4. The standard InChI is InChI=1S/C25H35N5O5S/c1-27-25(33)24-22(16-26-27)30(8-4-14-36-24)23(32)7-9-28-10-12-29(13-11-28)17-19(31)18-35-21-6-3-5-20(15-21)34-2/h3,5-6,15-16,19,31H,4,7-14,17-18H2,1-2H3. The van der Waals surface area contributed by atoms with Crippen molar-refractivity contribution in [2.24, 2.45) is 7.05 Å². The maximum absolute atomic E-state index is 13.1. The molecule has 0 spiro atoms. The number of fused-ring (bicyclic) bond motifs is 1. The third-order valence-electron chi connectivity index (χ3n) is 6.50. The number of hydrogen-bond donors (Lipinski definition) is 1. The smallest absolute Gasteiger partial charge is 0.282 e. The average molecular weight is 518 g/mol. The molecule has 4 rings (SSSR count). The van der Waals surface area contributed by atoms with Crippen LogP contribution in [0.25, 0.3) is 0 Å². The first-order valence-corrected chi connectivity index (χ1v) is 13.3. The molecule has 0 radical (unpaired) electrons. The van der Waals surface area contributed by atoms with Crippen molar-refractivity contribution >= 4 is 23.4 Å². The summed E-state index contributed by atoms with van der Waals surface area (Å²) in [6, 6.07) is 7.34. The second kappa shape index (κ2) is 12.6. The summed E-state index contributed by atoms with van der Waals surface area (Å²) in [5.41, 5.74) is 0.491. The van der Waals surface area contributed by atoms with Crippen molar-refractivity contribution < 1.29 is 19.4 Å². The van der Waals surface area contributed by atoms with Crippen LogP contribution in [0.1, 0.15) is 12.8 Å². The molecule has 0 saturated carbocycles. The van der Waals surface area contributed by atoms with Crippen LogP contribution in [0.4, 0.5) is 5.69 Å². The molecule has 1 N–H and O–H groups in total. The second-order valence-corrected chi connectivity index (χ2v) is 10.2. The van der Waals surface area contributed by atoms with Gasteiger partial charge in [-0.15, -0.1) is 11.8 Å². The van der Waals surface area contributed by atoms with Gasteiger partial charge in [-0.05, 0) is 24.3 Å². The number of amides is 1. The summed E-state index contributed by atoms with van der Waals surface area (Å²) >= 11 is 1.51. The fraction of sp³-hybridized carbons (Fsp3) is 0.560.